The molecule has 0 spiro atoms. The number of hydrogen-bond donors (Lipinski definition) is 0. The van der Waals surface area contributed by atoms with Crippen LogP contribution in [0.5, 0.6) is 0 Å². The van der Waals surface area contributed by atoms with Crippen LogP contribution in [-0.2, 0) is 13.0 Å². The van der Waals surface area contributed by atoms with Gasteiger partial charge in [-0.1, -0.05) is 61.5 Å². The number of fused-ring (bicyclic) bond motifs is 1. The Labute approximate surface area is 174 Å². The third-order valence-electron chi connectivity index (χ3n) is 4.96. The highest BCUT2D eigenvalue weighted by Gasteiger charge is 2.19. The molecule has 142 valence electrons. The van der Waals surface area contributed by atoms with E-state index in [1.165, 1.54) is 22.3 Å². The maximum atomic E-state index is 6.28. The molecule has 5 heteroatoms. The van der Waals surface area contributed by atoms with Gasteiger partial charge in [0, 0.05) is 24.0 Å². The minimum atomic E-state index is 0.295. The van der Waals surface area contributed by atoms with Crippen molar-refractivity contribution in [2.45, 2.75) is 26.8 Å². The molecule has 0 unspecified atom stereocenters. The highest BCUT2D eigenvalue weighted by molar-refractivity contribution is 7.17. The molecule has 0 N–H and O–H groups in total. The summed E-state index contributed by atoms with van der Waals surface area (Å²) in [6.07, 6.45) is 1.04. The molecule has 3 nitrogen and oxygen atoms in total. The Hall–Kier alpha value is -2.43. The number of aromatic nitrogens is 2. The Bertz CT molecular complexity index is 1070. The lowest BCUT2D eigenvalue weighted by Crippen LogP contribution is -2.23. The van der Waals surface area contributed by atoms with Crippen molar-refractivity contribution in [1.29, 1.82) is 0 Å². The van der Waals surface area contributed by atoms with Crippen molar-refractivity contribution in [2.75, 3.05) is 11.4 Å². The number of halogens is 1. The number of aryl methyl sites for hydroxylation is 1. The van der Waals surface area contributed by atoms with E-state index in [9.17, 15) is 0 Å². The molecule has 0 aliphatic carbocycles. The van der Waals surface area contributed by atoms with Gasteiger partial charge in [0.1, 0.15) is 10.6 Å². The van der Waals surface area contributed by atoms with Crippen LogP contribution >= 0.6 is 22.9 Å². The fraction of sp³-hybridized carbons (Fsp3) is 0.217. The summed E-state index contributed by atoms with van der Waals surface area (Å²) in [6, 6.07) is 19.2. The van der Waals surface area contributed by atoms with Gasteiger partial charge in [0.25, 0.3) is 0 Å². The average molecular weight is 408 g/mol. The van der Waals surface area contributed by atoms with Crippen molar-refractivity contribution < 1.29 is 0 Å². The van der Waals surface area contributed by atoms with Crippen LogP contribution in [0.15, 0.2) is 60.0 Å². The summed E-state index contributed by atoms with van der Waals surface area (Å²) >= 11 is 7.90. The first-order valence-corrected chi connectivity index (χ1v) is 10.8. The molecule has 0 aliphatic heterocycles. The second-order valence-corrected chi connectivity index (χ2v) is 7.89. The van der Waals surface area contributed by atoms with E-state index >= 15 is 0 Å². The van der Waals surface area contributed by atoms with Crippen LogP contribution in [0.3, 0.4) is 0 Å². The van der Waals surface area contributed by atoms with Gasteiger partial charge in [-0.05, 0) is 41.6 Å². The van der Waals surface area contributed by atoms with Crippen molar-refractivity contribution in [2.24, 2.45) is 0 Å². The fourth-order valence-corrected chi connectivity index (χ4v) is 4.56. The molecule has 0 atom stereocenters. The third kappa shape index (κ3) is 3.75. The summed E-state index contributed by atoms with van der Waals surface area (Å²) in [6.45, 7) is 5.93. The van der Waals surface area contributed by atoms with Crippen molar-refractivity contribution in [3.8, 4) is 11.1 Å². The Morgan fingerprint density at radius 2 is 1.68 bits per heavy atom. The van der Waals surface area contributed by atoms with E-state index in [0.29, 0.717) is 5.28 Å². The lowest BCUT2D eigenvalue weighted by Gasteiger charge is -2.23. The van der Waals surface area contributed by atoms with E-state index in [-0.39, 0.29) is 0 Å². The van der Waals surface area contributed by atoms with Crippen molar-refractivity contribution >= 4 is 39.0 Å². The van der Waals surface area contributed by atoms with Gasteiger partial charge in [0.15, 0.2) is 0 Å². The van der Waals surface area contributed by atoms with Crippen LogP contribution in [0.25, 0.3) is 21.3 Å². The minimum Gasteiger partial charge on any atom is -0.352 e. The summed E-state index contributed by atoms with van der Waals surface area (Å²) in [5.74, 6) is 0.900. The van der Waals surface area contributed by atoms with E-state index in [1.54, 1.807) is 11.3 Å². The Balaban J connectivity index is 1.83. The van der Waals surface area contributed by atoms with Crippen molar-refractivity contribution in [3.05, 3.63) is 76.4 Å². The lowest BCUT2D eigenvalue weighted by atomic mass is 10.0. The fourth-order valence-electron chi connectivity index (χ4n) is 3.40. The molecule has 0 bridgehead atoms. The van der Waals surface area contributed by atoms with Crippen molar-refractivity contribution in [3.63, 3.8) is 0 Å². The third-order valence-corrected chi connectivity index (χ3v) is 6.00. The average Bonchev–Trinajstić information content (AvgIpc) is 3.16. The molecular formula is C23H22ClN3S. The number of rotatable bonds is 6. The van der Waals surface area contributed by atoms with Gasteiger partial charge in [-0.2, -0.15) is 4.98 Å². The van der Waals surface area contributed by atoms with E-state index in [0.717, 1.165) is 35.5 Å². The zero-order valence-corrected chi connectivity index (χ0v) is 17.6. The molecule has 0 amide bonds. The standard InChI is InChI=1S/C23H22ClN3S/c1-3-16-10-12-18(13-11-16)19-15-28-22-20(19)21(25-23(24)26-22)27(4-2)14-17-8-6-5-7-9-17/h5-13,15H,3-4,14H2,1-2H3. The van der Waals surface area contributed by atoms with Gasteiger partial charge < -0.3 is 4.90 Å². The van der Waals surface area contributed by atoms with Crippen LogP contribution < -0.4 is 4.90 Å². The topological polar surface area (TPSA) is 29.0 Å². The molecule has 0 fully saturated rings. The predicted molar refractivity (Wildman–Crippen MR) is 120 cm³/mol. The smallest absolute Gasteiger partial charge is 0.225 e. The van der Waals surface area contributed by atoms with Crippen LogP contribution in [0.4, 0.5) is 5.82 Å². The predicted octanol–water partition coefficient (Wildman–Crippen LogP) is 6.60. The van der Waals surface area contributed by atoms with Crippen LogP contribution in [0.1, 0.15) is 25.0 Å². The van der Waals surface area contributed by atoms with Crippen LogP contribution in [-0.4, -0.2) is 16.5 Å². The second-order valence-electron chi connectivity index (χ2n) is 6.70. The first kappa shape index (κ1) is 18.9. The molecule has 4 rings (SSSR count). The largest absolute Gasteiger partial charge is 0.352 e. The molecule has 2 aromatic carbocycles. The number of thiophene rings is 1. The first-order chi connectivity index (χ1) is 13.7. The van der Waals surface area contributed by atoms with E-state index in [1.807, 2.05) is 6.07 Å². The van der Waals surface area contributed by atoms with Gasteiger partial charge >= 0.3 is 0 Å². The van der Waals surface area contributed by atoms with Crippen molar-refractivity contribution in [1.82, 2.24) is 9.97 Å². The zero-order chi connectivity index (χ0) is 19.5. The quantitative estimate of drug-likeness (QED) is 0.337. The Kier molecular flexibility index (Phi) is 5.60. The monoisotopic (exact) mass is 407 g/mol. The normalized spacial score (nSPS) is 11.1. The van der Waals surface area contributed by atoms with Gasteiger partial charge in [0.2, 0.25) is 5.28 Å². The molecule has 0 saturated carbocycles. The van der Waals surface area contributed by atoms with Gasteiger partial charge in [-0.25, -0.2) is 4.98 Å². The molecule has 2 aromatic heterocycles. The number of benzene rings is 2. The van der Waals surface area contributed by atoms with Gasteiger partial charge in [-0.15, -0.1) is 11.3 Å². The number of nitrogens with zero attached hydrogens (tertiary/aromatic N) is 3. The summed E-state index contributed by atoms with van der Waals surface area (Å²) in [4.78, 5) is 12.3. The molecule has 2 heterocycles. The van der Waals surface area contributed by atoms with Crippen LogP contribution in [0.2, 0.25) is 5.28 Å². The molecule has 0 radical (unpaired) electrons. The molecule has 0 saturated heterocycles. The second kappa shape index (κ2) is 8.29. The van der Waals surface area contributed by atoms with Gasteiger partial charge in [-0.3, -0.25) is 0 Å². The number of hydrogen-bond acceptors (Lipinski definition) is 4. The highest BCUT2D eigenvalue weighted by Crippen LogP contribution is 2.39. The minimum absolute atomic E-state index is 0.295. The lowest BCUT2D eigenvalue weighted by molar-refractivity contribution is 0.817. The van der Waals surface area contributed by atoms with E-state index in [4.69, 9.17) is 11.6 Å². The maximum Gasteiger partial charge on any atom is 0.225 e. The summed E-state index contributed by atoms with van der Waals surface area (Å²) in [7, 11) is 0. The SMILES string of the molecule is CCc1ccc(-c2csc3nc(Cl)nc(N(CC)Cc4ccccc4)c23)cc1. The van der Waals surface area contributed by atoms with Crippen LogP contribution in [0, 0.1) is 0 Å². The number of anilines is 1. The zero-order valence-electron chi connectivity index (χ0n) is 16.0. The molecule has 28 heavy (non-hydrogen) atoms. The Morgan fingerprint density at radius 1 is 0.929 bits per heavy atom. The summed E-state index contributed by atoms with van der Waals surface area (Å²) in [5.41, 5.74) is 4.94. The van der Waals surface area contributed by atoms with E-state index < -0.39 is 0 Å². The first-order valence-electron chi connectivity index (χ1n) is 9.52. The summed E-state index contributed by atoms with van der Waals surface area (Å²) < 4.78 is 0. The summed E-state index contributed by atoms with van der Waals surface area (Å²) in [5, 5.41) is 3.54. The highest BCUT2D eigenvalue weighted by atomic mass is 35.5. The molecule has 0 aliphatic rings. The van der Waals surface area contributed by atoms with E-state index in [2.05, 4.69) is 82.6 Å². The maximum absolute atomic E-state index is 6.28. The molecule has 4 aromatic rings. The molecular weight excluding hydrogens is 386 g/mol. The van der Waals surface area contributed by atoms with Gasteiger partial charge in [0.05, 0.1) is 5.39 Å². The Morgan fingerprint density at radius 3 is 2.36 bits per heavy atom.